The standard InChI is InChI=1S/C21H35N5/c1-22-21(23-16-18-8-12-25(2)13-9-18)24-20-10-14-26(15-11-20)17-19-6-4-3-5-7-19/h3-7,18,20H,8-17H2,1-2H3,(H2,22,23,24). The smallest absolute Gasteiger partial charge is 0.191 e. The largest absolute Gasteiger partial charge is 0.356 e. The van der Waals surface area contributed by atoms with Crippen molar-refractivity contribution in [3.05, 3.63) is 35.9 Å². The van der Waals surface area contributed by atoms with Gasteiger partial charge in [-0.15, -0.1) is 0 Å². The van der Waals surface area contributed by atoms with Crippen LogP contribution in [0, 0.1) is 5.92 Å². The van der Waals surface area contributed by atoms with Gasteiger partial charge in [0.15, 0.2) is 5.96 Å². The first-order valence-corrected chi connectivity index (χ1v) is 10.1. The number of hydrogen-bond donors (Lipinski definition) is 2. The summed E-state index contributed by atoms with van der Waals surface area (Å²) in [5.74, 6) is 1.75. The van der Waals surface area contributed by atoms with Crippen molar-refractivity contribution in [3.63, 3.8) is 0 Å². The highest BCUT2D eigenvalue weighted by Crippen LogP contribution is 2.15. The van der Waals surface area contributed by atoms with E-state index in [1.165, 1.54) is 44.3 Å². The Labute approximate surface area is 158 Å². The van der Waals surface area contributed by atoms with E-state index in [9.17, 15) is 0 Å². The van der Waals surface area contributed by atoms with E-state index in [0.717, 1.165) is 38.1 Å². The fraction of sp³-hybridized carbons (Fsp3) is 0.667. The Hall–Kier alpha value is -1.59. The summed E-state index contributed by atoms with van der Waals surface area (Å²) in [6.07, 6.45) is 4.94. The Morgan fingerprint density at radius 3 is 2.38 bits per heavy atom. The molecule has 2 fully saturated rings. The lowest BCUT2D eigenvalue weighted by atomic mass is 9.97. The van der Waals surface area contributed by atoms with Gasteiger partial charge >= 0.3 is 0 Å². The molecule has 0 bridgehead atoms. The number of nitrogens with zero attached hydrogens (tertiary/aromatic N) is 3. The lowest BCUT2D eigenvalue weighted by molar-refractivity contribution is 0.198. The van der Waals surface area contributed by atoms with Gasteiger partial charge in [0.1, 0.15) is 0 Å². The summed E-state index contributed by atoms with van der Waals surface area (Å²) in [6, 6.07) is 11.3. The Bertz CT molecular complexity index is 543. The second-order valence-electron chi connectivity index (χ2n) is 7.88. The molecule has 0 aliphatic carbocycles. The number of aliphatic imine (C=N–C) groups is 1. The number of piperidine rings is 2. The van der Waals surface area contributed by atoms with Crippen LogP contribution in [0.5, 0.6) is 0 Å². The number of rotatable bonds is 5. The van der Waals surface area contributed by atoms with E-state index in [0.29, 0.717) is 6.04 Å². The highest BCUT2D eigenvalue weighted by atomic mass is 15.2. The van der Waals surface area contributed by atoms with Crippen molar-refractivity contribution in [2.75, 3.05) is 46.8 Å². The molecule has 1 aromatic carbocycles. The van der Waals surface area contributed by atoms with Crippen LogP contribution in [-0.2, 0) is 6.54 Å². The first kappa shape index (κ1) is 19.2. The average molecular weight is 358 g/mol. The zero-order valence-corrected chi connectivity index (χ0v) is 16.5. The van der Waals surface area contributed by atoms with Gasteiger partial charge < -0.3 is 15.5 Å². The quantitative estimate of drug-likeness (QED) is 0.626. The van der Waals surface area contributed by atoms with Gasteiger partial charge in [-0.3, -0.25) is 9.89 Å². The van der Waals surface area contributed by atoms with E-state index in [4.69, 9.17) is 0 Å². The molecule has 0 saturated carbocycles. The number of likely N-dealkylation sites (tertiary alicyclic amines) is 2. The molecule has 2 N–H and O–H groups in total. The maximum Gasteiger partial charge on any atom is 0.191 e. The van der Waals surface area contributed by atoms with Gasteiger partial charge in [-0.05, 0) is 57.3 Å². The Morgan fingerprint density at radius 2 is 1.73 bits per heavy atom. The molecule has 0 unspecified atom stereocenters. The third-order valence-corrected chi connectivity index (χ3v) is 5.80. The molecule has 0 aromatic heterocycles. The molecule has 2 saturated heterocycles. The number of benzene rings is 1. The van der Waals surface area contributed by atoms with Crippen molar-refractivity contribution in [3.8, 4) is 0 Å². The predicted octanol–water partition coefficient (Wildman–Crippen LogP) is 2.16. The topological polar surface area (TPSA) is 42.9 Å². The van der Waals surface area contributed by atoms with Crippen LogP contribution in [-0.4, -0.2) is 68.6 Å². The van der Waals surface area contributed by atoms with E-state index in [-0.39, 0.29) is 0 Å². The fourth-order valence-corrected chi connectivity index (χ4v) is 3.97. The van der Waals surface area contributed by atoms with Crippen LogP contribution in [0.2, 0.25) is 0 Å². The van der Waals surface area contributed by atoms with E-state index in [1.54, 1.807) is 0 Å². The molecule has 0 radical (unpaired) electrons. The van der Waals surface area contributed by atoms with Gasteiger partial charge in [0.2, 0.25) is 0 Å². The van der Waals surface area contributed by atoms with Crippen LogP contribution in [0.25, 0.3) is 0 Å². The van der Waals surface area contributed by atoms with Crippen molar-refractivity contribution in [2.24, 2.45) is 10.9 Å². The Balaban J connectivity index is 1.36. The fourth-order valence-electron chi connectivity index (χ4n) is 3.97. The molecule has 2 aliphatic heterocycles. The van der Waals surface area contributed by atoms with Gasteiger partial charge in [-0.1, -0.05) is 30.3 Å². The maximum absolute atomic E-state index is 4.44. The third kappa shape index (κ3) is 5.99. The van der Waals surface area contributed by atoms with E-state index >= 15 is 0 Å². The van der Waals surface area contributed by atoms with Crippen LogP contribution in [0.3, 0.4) is 0 Å². The third-order valence-electron chi connectivity index (χ3n) is 5.80. The van der Waals surface area contributed by atoms with Crippen LogP contribution < -0.4 is 10.6 Å². The van der Waals surface area contributed by atoms with Crippen molar-refractivity contribution in [2.45, 2.75) is 38.3 Å². The molecule has 2 heterocycles. The van der Waals surface area contributed by atoms with Crippen LogP contribution in [0.15, 0.2) is 35.3 Å². The SMILES string of the molecule is CN=C(NCC1CCN(C)CC1)NC1CCN(Cc2ccccc2)CC1. The minimum atomic E-state index is 0.533. The van der Waals surface area contributed by atoms with Crippen molar-refractivity contribution in [1.82, 2.24) is 20.4 Å². The van der Waals surface area contributed by atoms with Gasteiger partial charge in [-0.25, -0.2) is 0 Å². The van der Waals surface area contributed by atoms with E-state index < -0.39 is 0 Å². The number of hydrogen-bond acceptors (Lipinski definition) is 3. The molecule has 26 heavy (non-hydrogen) atoms. The minimum Gasteiger partial charge on any atom is -0.356 e. The molecule has 3 rings (SSSR count). The molecule has 1 aromatic rings. The second kappa shape index (κ2) is 9.93. The van der Waals surface area contributed by atoms with E-state index in [1.807, 2.05) is 7.05 Å². The molecular formula is C21H35N5. The first-order chi connectivity index (χ1) is 12.7. The van der Waals surface area contributed by atoms with E-state index in [2.05, 4.69) is 62.8 Å². The monoisotopic (exact) mass is 357 g/mol. The molecular weight excluding hydrogens is 322 g/mol. The lowest BCUT2D eigenvalue weighted by Gasteiger charge is -2.33. The molecule has 0 amide bonds. The summed E-state index contributed by atoms with van der Waals surface area (Å²) < 4.78 is 0. The van der Waals surface area contributed by atoms with Gasteiger partial charge in [0.25, 0.3) is 0 Å². The highest BCUT2D eigenvalue weighted by Gasteiger charge is 2.21. The lowest BCUT2D eigenvalue weighted by Crippen LogP contribution is -2.49. The van der Waals surface area contributed by atoms with Crippen molar-refractivity contribution >= 4 is 5.96 Å². The summed E-state index contributed by atoms with van der Waals surface area (Å²) >= 11 is 0. The number of guanidine groups is 1. The molecule has 0 spiro atoms. The molecule has 144 valence electrons. The average Bonchev–Trinajstić information content (AvgIpc) is 2.68. The minimum absolute atomic E-state index is 0.533. The summed E-state index contributed by atoms with van der Waals surface area (Å²) in [5.41, 5.74) is 1.41. The van der Waals surface area contributed by atoms with Gasteiger partial charge in [-0.2, -0.15) is 0 Å². The number of nitrogens with one attached hydrogen (secondary N) is 2. The van der Waals surface area contributed by atoms with Gasteiger partial charge in [0.05, 0.1) is 0 Å². The van der Waals surface area contributed by atoms with Crippen molar-refractivity contribution in [1.29, 1.82) is 0 Å². The summed E-state index contributed by atoms with van der Waals surface area (Å²) in [6.45, 7) is 6.85. The molecule has 2 aliphatic rings. The summed E-state index contributed by atoms with van der Waals surface area (Å²) in [4.78, 5) is 9.42. The molecule has 5 heteroatoms. The molecule has 5 nitrogen and oxygen atoms in total. The Morgan fingerprint density at radius 1 is 1.04 bits per heavy atom. The zero-order chi connectivity index (χ0) is 18.2. The normalized spacial score (nSPS) is 21.7. The first-order valence-electron chi connectivity index (χ1n) is 10.1. The zero-order valence-electron chi connectivity index (χ0n) is 16.5. The van der Waals surface area contributed by atoms with Crippen molar-refractivity contribution < 1.29 is 0 Å². The van der Waals surface area contributed by atoms with Crippen LogP contribution >= 0.6 is 0 Å². The summed E-state index contributed by atoms with van der Waals surface area (Å²) in [5, 5.41) is 7.20. The predicted molar refractivity (Wildman–Crippen MR) is 109 cm³/mol. The highest BCUT2D eigenvalue weighted by molar-refractivity contribution is 5.79. The van der Waals surface area contributed by atoms with Crippen LogP contribution in [0.1, 0.15) is 31.2 Å². The van der Waals surface area contributed by atoms with Gasteiger partial charge in [0, 0.05) is 39.3 Å². The summed E-state index contributed by atoms with van der Waals surface area (Å²) in [7, 11) is 4.10. The maximum atomic E-state index is 4.44. The molecule has 0 atom stereocenters. The second-order valence-corrected chi connectivity index (χ2v) is 7.88. The Kier molecular flexibility index (Phi) is 7.32. The van der Waals surface area contributed by atoms with Crippen LogP contribution in [0.4, 0.5) is 0 Å².